The summed E-state index contributed by atoms with van der Waals surface area (Å²) in [6.07, 6.45) is 1.90. The third kappa shape index (κ3) is 5.25. The van der Waals surface area contributed by atoms with Gasteiger partial charge in [0.2, 0.25) is 5.91 Å². The van der Waals surface area contributed by atoms with E-state index in [2.05, 4.69) is 15.6 Å². The molecule has 27 heavy (non-hydrogen) atoms. The van der Waals surface area contributed by atoms with Crippen molar-refractivity contribution >= 4 is 17.6 Å². The van der Waals surface area contributed by atoms with Crippen molar-refractivity contribution in [2.45, 2.75) is 19.4 Å². The zero-order valence-corrected chi connectivity index (χ0v) is 15.1. The largest absolute Gasteiger partial charge is 0.349 e. The highest BCUT2D eigenvalue weighted by Crippen LogP contribution is 2.19. The van der Waals surface area contributed by atoms with Gasteiger partial charge in [0.15, 0.2) is 0 Å². The minimum Gasteiger partial charge on any atom is -0.349 e. The van der Waals surface area contributed by atoms with E-state index < -0.39 is 0 Å². The van der Waals surface area contributed by atoms with Gasteiger partial charge in [-0.15, -0.1) is 0 Å². The standard InChI is InChI=1S/C22H21N3O2/c1-16(24-22(27)18-10-6-3-7-11-18)14-21(26)25-20-13-12-19(15-23-20)17-8-4-2-5-9-17/h2-13,15-16H,14H2,1H3,(H,24,27)(H,23,25,26). The van der Waals surface area contributed by atoms with E-state index in [0.29, 0.717) is 11.4 Å². The SMILES string of the molecule is CC(CC(=O)Nc1ccc(-c2ccccc2)cn1)NC(=O)c1ccccc1. The molecule has 2 N–H and O–H groups in total. The van der Waals surface area contributed by atoms with Crippen LogP contribution in [0.3, 0.4) is 0 Å². The van der Waals surface area contributed by atoms with Crippen LogP contribution in [0.25, 0.3) is 11.1 Å². The summed E-state index contributed by atoms with van der Waals surface area (Å²) in [5, 5.41) is 5.59. The monoisotopic (exact) mass is 359 g/mol. The topological polar surface area (TPSA) is 71.1 Å². The van der Waals surface area contributed by atoms with Gasteiger partial charge in [-0.25, -0.2) is 4.98 Å². The van der Waals surface area contributed by atoms with Crippen LogP contribution in [-0.2, 0) is 4.79 Å². The molecule has 5 nitrogen and oxygen atoms in total. The molecule has 0 saturated heterocycles. The first-order chi connectivity index (χ1) is 13.1. The van der Waals surface area contributed by atoms with Crippen LogP contribution in [0.15, 0.2) is 79.0 Å². The molecule has 1 aromatic heterocycles. The van der Waals surface area contributed by atoms with Crippen LogP contribution in [0.1, 0.15) is 23.7 Å². The van der Waals surface area contributed by atoms with Crippen molar-refractivity contribution in [2.75, 3.05) is 5.32 Å². The van der Waals surface area contributed by atoms with Crippen LogP contribution in [0.2, 0.25) is 0 Å². The number of benzene rings is 2. The molecule has 0 bridgehead atoms. The van der Waals surface area contributed by atoms with Crippen molar-refractivity contribution in [3.05, 3.63) is 84.6 Å². The van der Waals surface area contributed by atoms with Gasteiger partial charge in [-0.3, -0.25) is 9.59 Å². The average Bonchev–Trinajstić information content (AvgIpc) is 2.69. The number of carbonyl (C=O) groups is 2. The van der Waals surface area contributed by atoms with Crippen LogP contribution >= 0.6 is 0 Å². The number of anilines is 1. The third-order valence-corrected chi connectivity index (χ3v) is 4.04. The lowest BCUT2D eigenvalue weighted by molar-refractivity contribution is -0.116. The van der Waals surface area contributed by atoms with E-state index in [0.717, 1.165) is 11.1 Å². The number of amides is 2. The van der Waals surface area contributed by atoms with E-state index in [4.69, 9.17) is 0 Å². The predicted octanol–water partition coefficient (Wildman–Crippen LogP) is 3.90. The maximum atomic E-state index is 12.2. The molecule has 0 fully saturated rings. The van der Waals surface area contributed by atoms with Gasteiger partial charge in [0.1, 0.15) is 5.82 Å². The second-order valence-electron chi connectivity index (χ2n) is 6.29. The van der Waals surface area contributed by atoms with Crippen molar-refractivity contribution in [1.82, 2.24) is 10.3 Å². The Morgan fingerprint density at radius 2 is 1.56 bits per heavy atom. The van der Waals surface area contributed by atoms with E-state index >= 15 is 0 Å². The highest BCUT2D eigenvalue weighted by atomic mass is 16.2. The minimum absolute atomic E-state index is 0.167. The second kappa shape index (κ2) is 8.76. The van der Waals surface area contributed by atoms with E-state index in [1.807, 2.05) is 42.5 Å². The van der Waals surface area contributed by atoms with Gasteiger partial charge < -0.3 is 10.6 Å². The van der Waals surface area contributed by atoms with Gasteiger partial charge in [-0.05, 0) is 36.8 Å². The number of aromatic nitrogens is 1. The molecular formula is C22H21N3O2. The Morgan fingerprint density at radius 3 is 2.19 bits per heavy atom. The Kier molecular flexibility index (Phi) is 5.94. The molecule has 0 radical (unpaired) electrons. The number of nitrogens with one attached hydrogen (secondary N) is 2. The molecule has 3 rings (SSSR count). The smallest absolute Gasteiger partial charge is 0.251 e. The lowest BCUT2D eigenvalue weighted by Crippen LogP contribution is -2.35. The molecule has 0 aliphatic rings. The van der Waals surface area contributed by atoms with Crippen LogP contribution in [0, 0.1) is 0 Å². The first-order valence-corrected chi connectivity index (χ1v) is 8.79. The third-order valence-electron chi connectivity index (χ3n) is 4.04. The van der Waals surface area contributed by atoms with E-state index in [-0.39, 0.29) is 24.3 Å². The molecule has 2 amide bonds. The highest BCUT2D eigenvalue weighted by molar-refractivity contribution is 5.95. The molecule has 0 spiro atoms. The lowest BCUT2D eigenvalue weighted by Gasteiger charge is -2.14. The van der Waals surface area contributed by atoms with Crippen molar-refractivity contribution < 1.29 is 9.59 Å². The quantitative estimate of drug-likeness (QED) is 0.701. The fraction of sp³-hybridized carbons (Fsp3) is 0.136. The van der Waals surface area contributed by atoms with Crippen molar-refractivity contribution in [1.29, 1.82) is 0 Å². The molecule has 5 heteroatoms. The first-order valence-electron chi connectivity index (χ1n) is 8.79. The lowest BCUT2D eigenvalue weighted by atomic mass is 10.1. The highest BCUT2D eigenvalue weighted by Gasteiger charge is 2.13. The van der Waals surface area contributed by atoms with Gasteiger partial charge in [0, 0.05) is 29.8 Å². The van der Waals surface area contributed by atoms with Crippen LogP contribution in [0.4, 0.5) is 5.82 Å². The Bertz CT molecular complexity index is 894. The summed E-state index contributed by atoms with van der Waals surface area (Å²) >= 11 is 0. The number of hydrogen-bond donors (Lipinski definition) is 2. The van der Waals surface area contributed by atoms with Crippen LogP contribution in [0.5, 0.6) is 0 Å². The Morgan fingerprint density at radius 1 is 0.889 bits per heavy atom. The number of rotatable bonds is 6. The molecule has 0 aliphatic heterocycles. The van der Waals surface area contributed by atoms with Gasteiger partial charge in [0.05, 0.1) is 0 Å². The fourth-order valence-electron chi connectivity index (χ4n) is 2.69. The summed E-state index contributed by atoms with van der Waals surface area (Å²) in [4.78, 5) is 28.6. The minimum atomic E-state index is -0.290. The summed E-state index contributed by atoms with van der Waals surface area (Å²) in [6.45, 7) is 1.80. The molecule has 1 heterocycles. The molecular weight excluding hydrogens is 338 g/mol. The zero-order chi connectivity index (χ0) is 19.1. The Hall–Kier alpha value is -3.47. The molecule has 0 saturated carbocycles. The molecule has 0 aliphatic carbocycles. The van der Waals surface area contributed by atoms with Crippen LogP contribution < -0.4 is 10.6 Å². The molecule has 1 unspecified atom stereocenters. The van der Waals surface area contributed by atoms with Gasteiger partial charge in [-0.2, -0.15) is 0 Å². The Labute approximate surface area is 158 Å². The summed E-state index contributed by atoms with van der Waals surface area (Å²) in [6, 6.07) is 22.2. The number of carbonyl (C=O) groups excluding carboxylic acids is 2. The average molecular weight is 359 g/mol. The number of hydrogen-bond acceptors (Lipinski definition) is 3. The van der Waals surface area contributed by atoms with Crippen molar-refractivity contribution in [3.8, 4) is 11.1 Å². The summed E-state index contributed by atoms with van der Waals surface area (Å²) in [7, 11) is 0. The van der Waals surface area contributed by atoms with Gasteiger partial charge in [0.25, 0.3) is 5.91 Å². The van der Waals surface area contributed by atoms with Crippen molar-refractivity contribution in [3.63, 3.8) is 0 Å². The second-order valence-corrected chi connectivity index (χ2v) is 6.29. The summed E-state index contributed by atoms with van der Waals surface area (Å²) in [5.74, 6) is 0.0957. The zero-order valence-electron chi connectivity index (χ0n) is 15.1. The number of pyridine rings is 1. The van der Waals surface area contributed by atoms with E-state index in [1.165, 1.54) is 0 Å². The summed E-state index contributed by atoms with van der Waals surface area (Å²) < 4.78 is 0. The van der Waals surface area contributed by atoms with E-state index in [9.17, 15) is 9.59 Å². The van der Waals surface area contributed by atoms with E-state index in [1.54, 1.807) is 43.5 Å². The first kappa shape index (κ1) is 18.3. The molecule has 3 aromatic rings. The van der Waals surface area contributed by atoms with Gasteiger partial charge in [-0.1, -0.05) is 48.5 Å². The predicted molar refractivity (Wildman–Crippen MR) is 106 cm³/mol. The fourth-order valence-corrected chi connectivity index (χ4v) is 2.69. The van der Waals surface area contributed by atoms with Gasteiger partial charge >= 0.3 is 0 Å². The summed E-state index contributed by atoms with van der Waals surface area (Å²) in [5.41, 5.74) is 2.63. The van der Waals surface area contributed by atoms with Crippen molar-refractivity contribution in [2.24, 2.45) is 0 Å². The number of nitrogens with zero attached hydrogens (tertiary/aromatic N) is 1. The maximum Gasteiger partial charge on any atom is 0.251 e. The molecule has 136 valence electrons. The maximum absolute atomic E-state index is 12.2. The molecule has 1 atom stereocenters. The van der Waals surface area contributed by atoms with Crippen LogP contribution in [-0.4, -0.2) is 22.8 Å². The molecule has 2 aromatic carbocycles. The normalized spacial score (nSPS) is 11.4. The Balaban J connectivity index is 1.52.